The van der Waals surface area contributed by atoms with E-state index >= 15 is 0 Å². The summed E-state index contributed by atoms with van der Waals surface area (Å²) in [6.07, 6.45) is 5.27. The molecule has 1 heterocycles. The van der Waals surface area contributed by atoms with Gasteiger partial charge in [-0.15, -0.1) is 0 Å². The standard InChI is InChI=1S/C27H31N3O2/c1-29(2)17-18-32-27-15-13-22(25-11-7-8-16-28-25)19-24(27)26(31)14-12-21-9-5-6-10-23(21)20-30(3)4/h5-16,19H,17-18,20H2,1-4H3/b14-12+. The van der Waals surface area contributed by atoms with Gasteiger partial charge in [-0.25, -0.2) is 0 Å². The summed E-state index contributed by atoms with van der Waals surface area (Å²) < 4.78 is 5.96. The lowest BCUT2D eigenvalue weighted by Gasteiger charge is -2.14. The van der Waals surface area contributed by atoms with Crippen molar-refractivity contribution in [3.63, 3.8) is 0 Å². The molecular formula is C27H31N3O2. The maximum Gasteiger partial charge on any atom is 0.189 e. The average Bonchev–Trinajstić information content (AvgIpc) is 2.78. The highest BCUT2D eigenvalue weighted by Crippen LogP contribution is 2.27. The molecular weight excluding hydrogens is 398 g/mol. The third-order valence-electron chi connectivity index (χ3n) is 4.96. The highest BCUT2D eigenvalue weighted by Gasteiger charge is 2.13. The van der Waals surface area contributed by atoms with Crippen LogP contribution in [0.3, 0.4) is 0 Å². The molecule has 0 saturated carbocycles. The zero-order chi connectivity index (χ0) is 22.9. The zero-order valence-corrected chi connectivity index (χ0v) is 19.3. The lowest BCUT2D eigenvalue weighted by Crippen LogP contribution is -2.20. The highest BCUT2D eigenvalue weighted by molar-refractivity contribution is 6.09. The van der Waals surface area contributed by atoms with Crippen LogP contribution in [-0.2, 0) is 6.54 Å². The summed E-state index contributed by atoms with van der Waals surface area (Å²) in [4.78, 5) is 21.8. The van der Waals surface area contributed by atoms with E-state index in [2.05, 4.69) is 16.0 Å². The van der Waals surface area contributed by atoms with Crippen LogP contribution in [0.1, 0.15) is 21.5 Å². The van der Waals surface area contributed by atoms with Gasteiger partial charge in [0.25, 0.3) is 0 Å². The quantitative estimate of drug-likeness (QED) is 0.347. The van der Waals surface area contributed by atoms with Crippen LogP contribution in [0.15, 0.2) is 72.9 Å². The molecule has 0 amide bonds. The van der Waals surface area contributed by atoms with Crippen molar-refractivity contribution in [2.45, 2.75) is 6.54 Å². The molecule has 3 aromatic rings. The molecule has 0 unspecified atom stereocenters. The monoisotopic (exact) mass is 429 g/mol. The summed E-state index contributed by atoms with van der Waals surface area (Å²) in [5.41, 5.74) is 4.45. The predicted molar refractivity (Wildman–Crippen MR) is 131 cm³/mol. The van der Waals surface area contributed by atoms with Crippen LogP contribution in [0, 0.1) is 0 Å². The van der Waals surface area contributed by atoms with E-state index in [0.717, 1.165) is 29.9 Å². The van der Waals surface area contributed by atoms with Gasteiger partial charge in [-0.05, 0) is 75.7 Å². The van der Waals surface area contributed by atoms with Crippen LogP contribution >= 0.6 is 0 Å². The van der Waals surface area contributed by atoms with Crippen molar-refractivity contribution in [1.29, 1.82) is 0 Å². The maximum atomic E-state index is 13.2. The first-order chi connectivity index (χ1) is 15.4. The minimum absolute atomic E-state index is 0.0951. The van der Waals surface area contributed by atoms with Crippen molar-refractivity contribution in [3.8, 4) is 17.0 Å². The number of ether oxygens (including phenoxy) is 1. The van der Waals surface area contributed by atoms with Gasteiger partial charge in [-0.3, -0.25) is 9.78 Å². The molecule has 0 radical (unpaired) electrons. The molecule has 5 heteroatoms. The Balaban J connectivity index is 1.91. The number of ketones is 1. The number of carbonyl (C=O) groups is 1. The fraction of sp³-hybridized carbons (Fsp3) is 0.259. The van der Waals surface area contributed by atoms with Crippen LogP contribution in [0.2, 0.25) is 0 Å². The SMILES string of the molecule is CN(C)CCOc1ccc(-c2ccccn2)cc1C(=O)/C=C/c1ccccc1CN(C)C. The van der Waals surface area contributed by atoms with Crippen molar-refractivity contribution >= 4 is 11.9 Å². The fourth-order valence-electron chi connectivity index (χ4n) is 3.32. The summed E-state index contributed by atoms with van der Waals surface area (Å²) in [5.74, 6) is 0.491. The number of allylic oxidation sites excluding steroid dienone is 1. The van der Waals surface area contributed by atoms with Crippen molar-refractivity contribution in [1.82, 2.24) is 14.8 Å². The van der Waals surface area contributed by atoms with Crippen LogP contribution in [-0.4, -0.2) is 61.9 Å². The molecule has 3 rings (SSSR count). The van der Waals surface area contributed by atoms with E-state index in [0.29, 0.717) is 17.9 Å². The van der Waals surface area contributed by atoms with Gasteiger partial charge in [0, 0.05) is 24.8 Å². The summed E-state index contributed by atoms with van der Waals surface area (Å²) in [6, 6.07) is 19.5. The molecule has 0 aliphatic rings. The fourth-order valence-corrected chi connectivity index (χ4v) is 3.32. The number of carbonyl (C=O) groups excluding carboxylic acids is 1. The Morgan fingerprint density at radius 2 is 1.75 bits per heavy atom. The van der Waals surface area contributed by atoms with E-state index in [1.807, 2.05) is 93.8 Å². The average molecular weight is 430 g/mol. The van der Waals surface area contributed by atoms with Gasteiger partial charge in [-0.2, -0.15) is 0 Å². The van der Waals surface area contributed by atoms with Crippen LogP contribution < -0.4 is 4.74 Å². The van der Waals surface area contributed by atoms with Gasteiger partial charge >= 0.3 is 0 Å². The molecule has 32 heavy (non-hydrogen) atoms. The van der Waals surface area contributed by atoms with E-state index in [9.17, 15) is 4.79 Å². The Hall–Kier alpha value is -3.28. The van der Waals surface area contributed by atoms with Crippen LogP contribution in [0.4, 0.5) is 0 Å². The topological polar surface area (TPSA) is 45.7 Å². The van der Waals surface area contributed by atoms with Gasteiger partial charge in [0.05, 0.1) is 11.3 Å². The largest absolute Gasteiger partial charge is 0.491 e. The zero-order valence-electron chi connectivity index (χ0n) is 19.3. The Morgan fingerprint density at radius 1 is 0.969 bits per heavy atom. The van der Waals surface area contributed by atoms with E-state index in [1.165, 1.54) is 5.56 Å². The van der Waals surface area contributed by atoms with E-state index < -0.39 is 0 Å². The summed E-state index contributed by atoms with van der Waals surface area (Å²) in [7, 11) is 8.05. The van der Waals surface area contributed by atoms with Gasteiger partial charge < -0.3 is 14.5 Å². The molecule has 0 aliphatic heterocycles. The van der Waals surface area contributed by atoms with Crippen LogP contribution in [0.25, 0.3) is 17.3 Å². The minimum atomic E-state index is -0.0951. The molecule has 166 valence electrons. The third kappa shape index (κ3) is 6.61. The number of pyridine rings is 1. The predicted octanol–water partition coefficient (Wildman–Crippen LogP) is 4.65. The number of nitrogens with zero attached hydrogens (tertiary/aromatic N) is 3. The van der Waals surface area contributed by atoms with E-state index in [1.54, 1.807) is 12.3 Å². The number of benzene rings is 2. The van der Waals surface area contributed by atoms with Gasteiger partial charge in [0.2, 0.25) is 0 Å². The summed E-state index contributed by atoms with van der Waals surface area (Å²) in [6.45, 7) is 2.08. The summed E-state index contributed by atoms with van der Waals surface area (Å²) in [5, 5.41) is 0. The minimum Gasteiger partial charge on any atom is -0.491 e. The lowest BCUT2D eigenvalue weighted by atomic mass is 10.0. The first-order valence-corrected chi connectivity index (χ1v) is 10.7. The Labute approximate surface area is 191 Å². The van der Waals surface area contributed by atoms with Gasteiger partial charge in [0.1, 0.15) is 12.4 Å². The second kappa shape index (κ2) is 11.4. The second-order valence-corrected chi connectivity index (χ2v) is 8.21. The molecule has 0 N–H and O–H groups in total. The smallest absolute Gasteiger partial charge is 0.189 e. The second-order valence-electron chi connectivity index (χ2n) is 8.21. The molecule has 0 fully saturated rings. The van der Waals surface area contributed by atoms with Gasteiger partial charge in [-0.1, -0.05) is 36.4 Å². The Morgan fingerprint density at radius 3 is 2.47 bits per heavy atom. The van der Waals surface area contributed by atoms with E-state index in [-0.39, 0.29) is 5.78 Å². The van der Waals surface area contributed by atoms with Crippen LogP contribution in [0.5, 0.6) is 5.75 Å². The van der Waals surface area contributed by atoms with Crippen molar-refractivity contribution in [2.24, 2.45) is 0 Å². The third-order valence-corrected chi connectivity index (χ3v) is 4.96. The molecule has 0 aliphatic carbocycles. The van der Waals surface area contributed by atoms with Crippen molar-refractivity contribution in [2.75, 3.05) is 41.3 Å². The molecule has 0 saturated heterocycles. The maximum absolute atomic E-state index is 13.2. The van der Waals surface area contributed by atoms with Gasteiger partial charge in [0.15, 0.2) is 5.78 Å². The Bertz CT molecular complexity index is 1060. The summed E-state index contributed by atoms with van der Waals surface area (Å²) >= 11 is 0. The first kappa shape index (κ1) is 23.4. The van der Waals surface area contributed by atoms with E-state index in [4.69, 9.17) is 4.74 Å². The van der Waals surface area contributed by atoms with Crippen molar-refractivity contribution in [3.05, 3.63) is 89.6 Å². The lowest BCUT2D eigenvalue weighted by molar-refractivity contribution is 0.104. The number of likely N-dealkylation sites (N-methyl/N-ethyl adjacent to an activating group) is 1. The molecule has 0 spiro atoms. The molecule has 5 nitrogen and oxygen atoms in total. The number of hydrogen-bond donors (Lipinski definition) is 0. The molecule has 0 bridgehead atoms. The number of aromatic nitrogens is 1. The van der Waals surface area contributed by atoms with Crippen molar-refractivity contribution < 1.29 is 9.53 Å². The number of rotatable bonds is 10. The molecule has 1 aromatic heterocycles. The molecule has 0 atom stereocenters. The Kier molecular flexibility index (Phi) is 8.31. The highest BCUT2D eigenvalue weighted by atomic mass is 16.5. The normalized spacial score (nSPS) is 11.4. The first-order valence-electron chi connectivity index (χ1n) is 10.7. The number of hydrogen-bond acceptors (Lipinski definition) is 5. The molecule has 2 aromatic carbocycles.